The summed E-state index contributed by atoms with van der Waals surface area (Å²) in [6.45, 7) is 53.8. The molecule has 3 rings (SSSR count). The fourth-order valence-corrected chi connectivity index (χ4v) is 12.2. The van der Waals surface area contributed by atoms with Gasteiger partial charge in [0.15, 0.2) is 16.6 Å². The monoisotopic (exact) mass is 925 g/mol. The SMILES string of the molecule is CO[C@H](CO)[C@@H]1C[C@@H](O[Si](C)(C)C(C)(C)C)C(C)(C)[C@@H](C[C@H](O[Si](C)(C)C(C)(C)C)[C@@H](C)[C@H]2Cc3c(C)c(O[Si](C)(C)C(C)(C)C)cc(O[Si](C)(C)C(C)(C)C)c3C(=O)O2)O1. The molecule has 9 nitrogen and oxygen atoms in total. The van der Waals surface area contributed by atoms with E-state index >= 15 is 0 Å². The van der Waals surface area contributed by atoms with Gasteiger partial charge in [-0.15, -0.1) is 0 Å². The minimum Gasteiger partial charge on any atom is -0.543 e. The Morgan fingerprint density at radius 1 is 0.770 bits per heavy atom. The summed E-state index contributed by atoms with van der Waals surface area (Å²) < 4.78 is 48.3. The first-order chi connectivity index (χ1) is 27.2. The molecule has 2 aliphatic heterocycles. The zero-order valence-corrected chi connectivity index (χ0v) is 47.7. The maximum absolute atomic E-state index is 14.6. The number of esters is 1. The number of carbonyl (C=O) groups is 1. The van der Waals surface area contributed by atoms with Gasteiger partial charge in [0, 0.05) is 37.4 Å². The molecule has 354 valence electrons. The summed E-state index contributed by atoms with van der Waals surface area (Å²) in [5, 5.41) is 10.3. The quantitative estimate of drug-likeness (QED) is 0.136. The molecule has 2 heterocycles. The number of aliphatic hydroxyl groups excluding tert-OH is 1. The van der Waals surface area contributed by atoms with Gasteiger partial charge in [-0.05, 0) is 97.0 Å². The summed E-state index contributed by atoms with van der Waals surface area (Å²) >= 11 is 0. The minimum atomic E-state index is -2.38. The number of benzene rings is 1. The molecule has 0 bridgehead atoms. The van der Waals surface area contributed by atoms with Gasteiger partial charge in [0.05, 0.1) is 31.0 Å². The Balaban J connectivity index is 2.23. The van der Waals surface area contributed by atoms with Gasteiger partial charge in [-0.1, -0.05) is 104 Å². The van der Waals surface area contributed by atoms with Crippen LogP contribution in [-0.2, 0) is 29.5 Å². The number of hydrogen-bond acceptors (Lipinski definition) is 9. The van der Waals surface area contributed by atoms with Gasteiger partial charge in [0.25, 0.3) is 8.32 Å². The van der Waals surface area contributed by atoms with Gasteiger partial charge in [-0.3, -0.25) is 0 Å². The molecular formula is C48H92O9Si4. The zero-order valence-electron chi connectivity index (χ0n) is 43.7. The fraction of sp³-hybridized carbons (Fsp3) is 0.854. The molecule has 1 aromatic rings. The normalized spacial score (nSPS) is 23.8. The Labute approximate surface area is 378 Å². The van der Waals surface area contributed by atoms with Crippen molar-refractivity contribution in [3.05, 3.63) is 22.8 Å². The number of fused-ring (bicyclic) bond motifs is 1. The Bertz CT molecular complexity index is 1670. The van der Waals surface area contributed by atoms with Crippen LogP contribution in [-0.4, -0.2) is 94.7 Å². The molecule has 1 saturated heterocycles. The molecule has 0 spiro atoms. The smallest absolute Gasteiger partial charge is 0.342 e. The van der Waals surface area contributed by atoms with Gasteiger partial charge >= 0.3 is 5.97 Å². The van der Waals surface area contributed by atoms with Crippen molar-refractivity contribution < 1.29 is 41.8 Å². The summed E-state index contributed by atoms with van der Waals surface area (Å²) in [6, 6.07) is 1.98. The number of methoxy groups -OCH3 is 1. The average molecular weight is 926 g/mol. The zero-order chi connectivity index (χ0) is 47.5. The van der Waals surface area contributed by atoms with E-state index in [2.05, 4.69) is 163 Å². The van der Waals surface area contributed by atoms with E-state index in [0.717, 1.165) is 16.9 Å². The van der Waals surface area contributed by atoms with Gasteiger partial charge in [0.2, 0.25) is 8.32 Å². The molecule has 13 heteroatoms. The topological polar surface area (TPSA) is 102 Å². The molecule has 2 aliphatic rings. The van der Waals surface area contributed by atoms with Crippen LogP contribution < -0.4 is 8.85 Å². The molecule has 1 N–H and O–H groups in total. The van der Waals surface area contributed by atoms with E-state index in [1.807, 2.05) is 6.07 Å². The van der Waals surface area contributed by atoms with Crippen LogP contribution in [0.25, 0.3) is 0 Å². The Morgan fingerprint density at radius 2 is 1.25 bits per heavy atom. The first-order valence-corrected chi connectivity index (χ1v) is 34.7. The van der Waals surface area contributed by atoms with Crippen LogP contribution in [0.5, 0.6) is 11.5 Å². The van der Waals surface area contributed by atoms with Crippen molar-refractivity contribution >= 4 is 39.2 Å². The van der Waals surface area contributed by atoms with E-state index < -0.39 is 50.9 Å². The Kier molecular flexibility index (Phi) is 16.3. The van der Waals surface area contributed by atoms with Crippen LogP contribution in [0.1, 0.15) is 138 Å². The van der Waals surface area contributed by atoms with E-state index in [1.165, 1.54) is 0 Å². The van der Waals surface area contributed by atoms with E-state index in [9.17, 15) is 9.90 Å². The van der Waals surface area contributed by atoms with Crippen molar-refractivity contribution in [2.75, 3.05) is 13.7 Å². The predicted molar refractivity (Wildman–Crippen MR) is 263 cm³/mol. The summed E-state index contributed by atoms with van der Waals surface area (Å²) in [7, 11) is -7.60. The lowest BCUT2D eigenvalue weighted by atomic mass is 9.72. The van der Waals surface area contributed by atoms with Crippen molar-refractivity contribution in [3.8, 4) is 11.5 Å². The average Bonchev–Trinajstić information content (AvgIpc) is 3.06. The second-order valence-electron chi connectivity index (χ2n) is 25.3. The number of rotatable bonds is 15. The standard InChI is InChI=1S/C48H92O9Si4/c1-31-33-26-34(53-43(50)42(33)38(56-60(22,23)46(9,10)11)27-35(31)54-58(18,19)44(3,4)5)32(2)36(55-59(20,21)45(6,7)8)28-40-48(15,16)41(57-61(24,25)47(12,13)14)29-37(52-40)39(30-49)51-17/h27,32,34,36-37,39-41,49H,26,28-30H2,1-25H3/t32-,34+,36-,37-,39+,40+,41+/m0/s1. The molecule has 1 aromatic carbocycles. The minimum absolute atomic E-state index is 0.0109. The Hall–Kier alpha value is -1.04. The molecule has 0 radical (unpaired) electrons. The largest absolute Gasteiger partial charge is 0.543 e. The second kappa shape index (κ2) is 18.3. The molecule has 0 saturated carbocycles. The molecule has 0 unspecified atom stereocenters. The molecule has 61 heavy (non-hydrogen) atoms. The van der Waals surface area contributed by atoms with Crippen molar-refractivity contribution in [2.24, 2.45) is 11.3 Å². The van der Waals surface area contributed by atoms with Crippen LogP contribution in [0.15, 0.2) is 6.07 Å². The van der Waals surface area contributed by atoms with E-state index in [0.29, 0.717) is 30.6 Å². The van der Waals surface area contributed by atoms with E-state index in [4.69, 9.17) is 31.9 Å². The van der Waals surface area contributed by atoms with Crippen molar-refractivity contribution in [2.45, 2.75) is 239 Å². The first-order valence-electron chi connectivity index (χ1n) is 23.1. The van der Waals surface area contributed by atoms with Crippen LogP contribution in [0.4, 0.5) is 0 Å². The lowest BCUT2D eigenvalue weighted by Gasteiger charge is -2.53. The summed E-state index contributed by atoms with van der Waals surface area (Å²) in [5.41, 5.74) is 2.02. The predicted octanol–water partition coefficient (Wildman–Crippen LogP) is 12.8. The van der Waals surface area contributed by atoms with Gasteiger partial charge in [-0.2, -0.15) is 0 Å². The maximum Gasteiger partial charge on any atom is 0.342 e. The summed E-state index contributed by atoms with van der Waals surface area (Å²) in [4.78, 5) is 14.6. The summed E-state index contributed by atoms with van der Waals surface area (Å²) in [5.74, 6) is 0.805. The third-order valence-electron chi connectivity index (χ3n) is 16.3. The van der Waals surface area contributed by atoms with Crippen LogP contribution in [0.3, 0.4) is 0 Å². The van der Waals surface area contributed by atoms with E-state index in [-0.39, 0.29) is 63.1 Å². The molecule has 0 aliphatic carbocycles. The highest BCUT2D eigenvalue weighted by atomic mass is 28.4. The van der Waals surface area contributed by atoms with Gasteiger partial charge in [-0.25, -0.2) is 4.79 Å². The molecule has 7 atom stereocenters. The number of carbonyl (C=O) groups excluding carboxylic acids is 1. The highest BCUT2D eigenvalue weighted by Gasteiger charge is 2.54. The molecule has 0 amide bonds. The first kappa shape index (κ1) is 54.3. The number of aliphatic hydroxyl groups is 1. The third-order valence-corrected chi connectivity index (χ3v) is 34.0. The lowest BCUT2D eigenvalue weighted by Crippen LogP contribution is -2.60. The highest BCUT2D eigenvalue weighted by molar-refractivity contribution is 6.75. The third kappa shape index (κ3) is 11.9. The fourth-order valence-electron chi connectivity index (χ4n) is 7.25. The van der Waals surface area contributed by atoms with Crippen LogP contribution >= 0.6 is 0 Å². The molecule has 1 fully saturated rings. The second-order valence-corrected chi connectivity index (χ2v) is 44.2. The van der Waals surface area contributed by atoms with Gasteiger partial charge < -0.3 is 37.0 Å². The summed E-state index contributed by atoms with van der Waals surface area (Å²) in [6.07, 6.45) is -0.393. The van der Waals surface area contributed by atoms with Gasteiger partial charge in [0.1, 0.15) is 29.3 Å². The number of ether oxygens (including phenoxy) is 3. The van der Waals surface area contributed by atoms with Crippen LogP contribution in [0.2, 0.25) is 72.5 Å². The number of hydrogen-bond donors (Lipinski definition) is 1. The van der Waals surface area contributed by atoms with Crippen LogP contribution in [0, 0.1) is 18.3 Å². The van der Waals surface area contributed by atoms with Crippen molar-refractivity contribution in [1.29, 1.82) is 0 Å². The molecule has 0 aromatic heterocycles. The van der Waals surface area contributed by atoms with E-state index in [1.54, 1.807) is 7.11 Å². The van der Waals surface area contributed by atoms with Crippen molar-refractivity contribution in [3.63, 3.8) is 0 Å². The highest BCUT2D eigenvalue weighted by Crippen LogP contribution is 2.50. The molecular weight excluding hydrogens is 833 g/mol. The maximum atomic E-state index is 14.6. The lowest BCUT2D eigenvalue weighted by molar-refractivity contribution is -0.212. The Morgan fingerprint density at radius 3 is 1.69 bits per heavy atom. The van der Waals surface area contributed by atoms with Crippen molar-refractivity contribution in [1.82, 2.24) is 0 Å². The number of cyclic esters (lactones) is 1.